The summed E-state index contributed by atoms with van der Waals surface area (Å²) in [7, 11) is 0. The number of carbonyl (C=O) groups is 1. The molecule has 0 saturated carbocycles. The SMILES string of the molecule is CCCCCCCCN1CCN(O)C1=O. The molecule has 0 spiro atoms. The average molecular weight is 214 g/mol. The number of hydroxylamine groups is 2. The molecule has 0 unspecified atom stereocenters. The Balaban J connectivity index is 1.98. The van der Waals surface area contributed by atoms with E-state index in [-0.39, 0.29) is 6.03 Å². The zero-order valence-electron chi connectivity index (χ0n) is 9.61. The van der Waals surface area contributed by atoms with Gasteiger partial charge in [-0.25, -0.2) is 9.86 Å². The number of hydrogen-bond donors (Lipinski definition) is 1. The van der Waals surface area contributed by atoms with Gasteiger partial charge in [0.1, 0.15) is 0 Å². The molecule has 4 heteroatoms. The second-order valence-electron chi connectivity index (χ2n) is 4.16. The standard InChI is InChI=1S/C11H22N2O2/c1-2-3-4-5-6-7-8-12-9-10-13(15)11(12)14/h15H,2-10H2,1H3. The second kappa shape index (κ2) is 6.67. The van der Waals surface area contributed by atoms with Crippen LogP contribution in [0.3, 0.4) is 0 Å². The third-order valence-corrected chi connectivity index (χ3v) is 2.85. The second-order valence-corrected chi connectivity index (χ2v) is 4.16. The lowest BCUT2D eigenvalue weighted by Gasteiger charge is -2.14. The molecule has 1 saturated heterocycles. The molecule has 0 aromatic heterocycles. The molecule has 1 rings (SSSR count). The Labute approximate surface area is 91.8 Å². The molecule has 0 aliphatic carbocycles. The Kier molecular flexibility index (Phi) is 5.47. The monoisotopic (exact) mass is 214 g/mol. The van der Waals surface area contributed by atoms with Gasteiger partial charge in [0.05, 0.1) is 6.54 Å². The van der Waals surface area contributed by atoms with Gasteiger partial charge in [0.15, 0.2) is 0 Å². The molecule has 1 N–H and O–H groups in total. The van der Waals surface area contributed by atoms with Crippen molar-refractivity contribution in [3.05, 3.63) is 0 Å². The highest BCUT2D eigenvalue weighted by Gasteiger charge is 2.26. The molecule has 0 aromatic carbocycles. The zero-order valence-corrected chi connectivity index (χ0v) is 9.61. The summed E-state index contributed by atoms with van der Waals surface area (Å²) < 4.78 is 0. The van der Waals surface area contributed by atoms with E-state index < -0.39 is 0 Å². The van der Waals surface area contributed by atoms with E-state index in [1.165, 1.54) is 32.1 Å². The molecule has 1 aliphatic rings. The van der Waals surface area contributed by atoms with Gasteiger partial charge in [0, 0.05) is 13.1 Å². The maximum atomic E-state index is 11.3. The predicted molar refractivity (Wildman–Crippen MR) is 58.8 cm³/mol. The first kappa shape index (κ1) is 12.3. The number of rotatable bonds is 7. The molecule has 0 atom stereocenters. The largest absolute Gasteiger partial charge is 0.343 e. The minimum absolute atomic E-state index is 0.233. The topological polar surface area (TPSA) is 43.8 Å². The lowest BCUT2D eigenvalue weighted by Crippen LogP contribution is -2.30. The summed E-state index contributed by atoms with van der Waals surface area (Å²) >= 11 is 0. The maximum Gasteiger partial charge on any atom is 0.343 e. The molecule has 4 nitrogen and oxygen atoms in total. The van der Waals surface area contributed by atoms with Crippen molar-refractivity contribution in [1.29, 1.82) is 0 Å². The quantitative estimate of drug-likeness (QED) is 0.522. The molecular formula is C11H22N2O2. The van der Waals surface area contributed by atoms with Crippen molar-refractivity contribution in [3.63, 3.8) is 0 Å². The van der Waals surface area contributed by atoms with Gasteiger partial charge in [-0.2, -0.15) is 0 Å². The van der Waals surface area contributed by atoms with Gasteiger partial charge in [-0.05, 0) is 6.42 Å². The van der Waals surface area contributed by atoms with Gasteiger partial charge in [-0.15, -0.1) is 0 Å². The predicted octanol–water partition coefficient (Wildman–Crippen LogP) is 2.47. The first-order valence-electron chi connectivity index (χ1n) is 6.01. The van der Waals surface area contributed by atoms with Crippen molar-refractivity contribution < 1.29 is 10.0 Å². The molecule has 0 radical (unpaired) electrons. The summed E-state index contributed by atoms with van der Waals surface area (Å²) in [5.41, 5.74) is 0. The van der Waals surface area contributed by atoms with Crippen molar-refractivity contribution in [2.24, 2.45) is 0 Å². The summed E-state index contributed by atoms with van der Waals surface area (Å²) in [6.07, 6.45) is 7.39. The van der Waals surface area contributed by atoms with E-state index in [0.717, 1.165) is 18.0 Å². The summed E-state index contributed by atoms with van der Waals surface area (Å²) in [6.45, 7) is 4.12. The third-order valence-electron chi connectivity index (χ3n) is 2.85. The van der Waals surface area contributed by atoms with Crippen LogP contribution in [-0.4, -0.2) is 40.8 Å². The lowest BCUT2D eigenvalue weighted by molar-refractivity contribution is -0.0266. The number of carbonyl (C=O) groups excluding carboxylic acids is 1. The van der Waals surface area contributed by atoms with Crippen LogP contribution >= 0.6 is 0 Å². The maximum absolute atomic E-state index is 11.3. The minimum atomic E-state index is -0.233. The van der Waals surface area contributed by atoms with Crippen LogP contribution in [0.15, 0.2) is 0 Å². The van der Waals surface area contributed by atoms with Crippen molar-refractivity contribution in [2.45, 2.75) is 45.4 Å². The number of unbranched alkanes of at least 4 members (excludes halogenated alkanes) is 5. The highest BCUT2D eigenvalue weighted by Crippen LogP contribution is 2.09. The van der Waals surface area contributed by atoms with E-state index in [0.29, 0.717) is 13.1 Å². The summed E-state index contributed by atoms with van der Waals surface area (Å²) in [6, 6.07) is -0.233. The summed E-state index contributed by atoms with van der Waals surface area (Å²) in [5.74, 6) is 0. The van der Waals surface area contributed by atoms with Crippen LogP contribution < -0.4 is 0 Å². The first-order valence-corrected chi connectivity index (χ1v) is 6.01. The van der Waals surface area contributed by atoms with Gasteiger partial charge in [0.2, 0.25) is 0 Å². The normalized spacial score (nSPS) is 16.5. The molecule has 2 amide bonds. The smallest absolute Gasteiger partial charge is 0.321 e. The van der Waals surface area contributed by atoms with E-state index in [1.807, 2.05) is 0 Å². The van der Waals surface area contributed by atoms with E-state index >= 15 is 0 Å². The van der Waals surface area contributed by atoms with Crippen LogP contribution in [0.25, 0.3) is 0 Å². The fourth-order valence-electron chi connectivity index (χ4n) is 1.86. The fourth-order valence-corrected chi connectivity index (χ4v) is 1.86. The van der Waals surface area contributed by atoms with Crippen LogP contribution in [0.4, 0.5) is 4.79 Å². The van der Waals surface area contributed by atoms with E-state index in [2.05, 4.69) is 6.92 Å². The first-order chi connectivity index (χ1) is 7.25. The van der Waals surface area contributed by atoms with Crippen molar-refractivity contribution in [1.82, 2.24) is 9.96 Å². The van der Waals surface area contributed by atoms with Crippen molar-refractivity contribution >= 4 is 6.03 Å². The van der Waals surface area contributed by atoms with E-state index in [4.69, 9.17) is 5.21 Å². The number of hydrogen-bond acceptors (Lipinski definition) is 2. The van der Waals surface area contributed by atoms with Crippen molar-refractivity contribution in [2.75, 3.05) is 19.6 Å². The summed E-state index contributed by atoms with van der Waals surface area (Å²) in [4.78, 5) is 13.0. The molecule has 0 bridgehead atoms. The lowest BCUT2D eigenvalue weighted by atomic mass is 10.1. The number of amides is 2. The van der Waals surface area contributed by atoms with Crippen LogP contribution in [0.1, 0.15) is 45.4 Å². The van der Waals surface area contributed by atoms with Crippen molar-refractivity contribution in [3.8, 4) is 0 Å². The molecule has 88 valence electrons. The van der Waals surface area contributed by atoms with E-state index in [1.54, 1.807) is 4.90 Å². The van der Waals surface area contributed by atoms with Gasteiger partial charge in [-0.1, -0.05) is 39.0 Å². The molecule has 1 aliphatic heterocycles. The molecule has 1 fully saturated rings. The molecule has 0 aromatic rings. The van der Waals surface area contributed by atoms with Gasteiger partial charge in [0.25, 0.3) is 0 Å². The van der Waals surface area contributed by atoms with Crippen LogP contribution in [0.5, 0.6) is 0 Å². The summed E-state index contributed by atoms with van der Waals surface area (Å²) in [5, 5.41) is 9.89. The third kappa shape index (κ3) is 4.08. The van der Waals surface area contributed by atoms with E-state index in [9.17, 15) is 4.79 Å². The Bertz CT molecular complexity index is 197. The van der Waals surface area contributed by atoms with Gasteiger partial charge >= 0.3 is 6.03 Å². The minimum Gasteiger partial charge on any atom is -0.321 e. The average Bonchev–Trinajstić information content (AvgIpc) is 2.54. The van der Waals surface area contributed by atoms with Crippen LogP contribution in [0.2, 0.25) is 0 Å². The Hall–Kier alpha value is -0.770. The van der Waals surface area contributed by atoms with Crippen LogP contribution in [-0.2, 0) is 0 Å². The van der Waals surface area contributed by atoms with Gasteiger partial charge < -0.3 is 4.90 Å². The highest BCUT2D eigenvalue weighted by molar-refractivity contribution is 5.75. The molecule has 15 heavy (non-hydrogen) atoms. The Morgan fingerprint density at radius 1 is 1.13 bits per heavy atom. The molecular weight excluding hydrogens is 192 g/mol. The Morgan fingerprint density at radius 2 is 1.80 bits per heavy atom. The van der Waals surface area contributed by atoms with Crippen LogP contribution in [0, 0.1) is 0 Å². The number of nitrogens with zero attached hydrogens (tertiary/aromatic N) is 2. The Morgan fingerprint density at radius 3 is 2.40 bits per heavy atom. The fraction of sp³-hybridized carbons (Fsp3) is 0.909. The van der Waals surface area contributed by atoms with Gasteiger partial charge in [-0.3, -0.25) is 5.21 Å². The highest BCUT2D eigenvalue weighted by atomic mass is 16.5. The molecule has 1 heterocycles. The zero-order chi connectivity index (χ0) is 11.1. The number of urea groups is 1.